The average molecular weight is 171 g/mol. The van der Waals surface area contributed by atoms with Crippen molar-refractivity contribution in [3.05, 3.63) is 0 Å². The topological polar surface area (TPSA) is 23.5 Å². The molecule has 1 N–H and O–H groups in total. The summed E-state index contributed by atoms with van der Waals surface area (Å²) >= 11 is 0. The van der Waals surface area contributed by atoms with Gasteiger partial charge in [0.25, 0.3) is 0 Å². The molecule has 0 radical (unpaired) electrons. The number of likely N-dealkylation sites (tertiary alicyclic amines) is 1. The minimum atomic E-state index is 0.329. The van der Waals surface area contributed by atoms with Gasteiger partial charge in [0.2, 0.25) is 0 Å². The van der Waals surface area contributed by atoms with Crippen LogP contribution in [0.5, 0.6) is 0 Å². The predicted molar refractivity (Wildman–Crippen MR) is 51.2 cm³/mol. The lowest BCUT2D eigenvalue weighted by molar-refractivity contribution is 0.0944. The van der Waals surface area contributed by atoms with Crippen LogP contribution >= 0.6 is 0 Å². The average Bonchev–Trinajstić information content (AvgIpc) is 2.04. The van der Waals surface area contributed by atoms with E-state index in [0.29, 0.717) is 6.61 Å². The van der Waals surface area contributed by atoms with E-state index in [9.17, 15) is 0 Å². The highest BCUT2D eigenvalue weighted by molar-refractivity contribution is 4.78. The molecule has 2 nitrogen and oxygen atoms in total. The molecule has 1 rings (SSSR count). The van der Waals surface area contributed by atoms with Gasteiger partial charge in [0.05, 0.1) is 0 Å². The summed E-state index contributed by atoms with van der Waals surface area (Å²) in [5.74, 6) is 0. The van der Waals surface area contributed by atoms with E-state index in [4.69, 9.17) is 5.11 Å². The quantitative estimate of drug-likeness (QED) is 0.697. The highest BCUT2D eigenvalue weighted by atomic mass is 16.3. The van der Waals surface area contributed by atoms with Gasteiger partial charge in [-0.2, -0.15) is 0 Å². The van der Waals surface area contributed by atoms with Gasteiger partial charge >= 0.3 is 0 Å². The first kappa shape index (κ1) is 10.0. The summed E-state index contributed by atoms with van der Waals surface area (Å²) in [6, 6.07) is 1.44. The Balaban J connectivity index is 2.34. The molecule has 0 spiro atoms. The van der Waals surface area contributed by atoms with Crippen LogP contribution in [-0.4, -0.2) is 35.2 Å². The third-order valence-electron chi connectivity index (χ3n) is 2.95. The molecule has 0 amide bonds. The minimum Gasteiger partial charge on any atom is -0.396 e. The molecular weight excluding hydrogens is 150 g/mol. The second-order valence-corrected chi connectivity index (χ2v) is 3.94. The molecule has 2 atom stereocenters. The number of aliphatic hydroxyl groups is 1. The Bertz CT molecular complexity index is 117. The monoisotopic (exact) mass is 171 g/mol. The highest BCUT2D eigenvalue weighted by Gasteiger charge is 2.23. The van der Waals surface area contributed by atoms with E-state index >= 15 is 0 Å². The van der Waals surface area contributed by atoms with Gasteiger partial charge in [0.1, 0.15) is 0 Å². The summed E-state index contributed by atoms with van der Waals surface area (Å²) in [6.07, 6.45) is 4.96. The second kappa shape index (κ2) is 4.83. The first-order valence-electron chi connectivity index (χ1n) is 5.12. The molecule has 72 valence electrons. The smallest absolute Gasteiger partial charge is 0.0443 e. The highest BCUT2D eigenvalue weighted by Crippen LogP contribution is 2.22. The molecule has 1 aliphatic rings. The molecule has 1 heterocycles. The standard InChI is InChI=1S/C10H21NO/c1-9-5-3-6-10(2)11(9)7-4-8-12/h9-10,12H,3-8H2,1-2H3. The minimum absolute atomic E-state index is 0.329. The Labute approximate surface area is 75.6 Å². The first-order valence-corrected chi connectivity index (χ1v) is 5.12. The summed E-state index contributed by atoms with van der Waals surface area (Å²) in [6.45, 7) is 5.99. The van der Waals surface area contributed by atoms with Crippen molar-refractivity contribution in [1.29, 1.82) is 0 Å². The van der Waals surface area contributed by atoms with Gasteiger partial charge in [-0.15, -0.1) is 0 Å². The van der Waals surface area contributed by atoms with Gasteiger partial charge in [0, 0.05) is 25.2 Å². The van der Waals surface area contributed by atoms with Gasteiger partial charge < -0.3 is 5.11 Å². The Hall–Kier alpha value is -0.0800. The lowest BCUT2D eigenvalue weighted by atomic mass is 9.97. The van der Waals surface area contributed by atoms with Gasteiger partial charge in [-0.3, -0.25) is 4.90 Å². The summed E-state index contributed by atoms with van der Waals surface area (Å²) in [4.78, 5) is 2.53. The summed E-state index contributed by atoms with van der Waals surface area (Å²) < 4.78 is 0. The summed E-state index contributed by atoms with van der Waals surface area (Å²) in [5.41, 5.74) is 0. The van der Waals surface area contributed by atoms with E-state index in [0.717, 1.165) is 25.0 Å². The maximum atomic E-state index is 8.74. The Morgan fingerprint density at radius 3 is 2.33 bits per heavy atom. The van der Waals surface area contributed by atoms with Crippen molar-refractivity contribution >= 4 is 0 Å². The molecule has 0 aromatic carbocycles. The molecule has 12 heavy (non-hydrogen) atoms. The maximum Gasteiger partial charge on any atom is 0.0443 e. The fourth-order valence-corrected chi connectivity index (χ4v) is 2.17. The zero-order valence-electron chi connectivity index (χ0n) is 8.29. The van der Waals surface area contributed by atoms with E-state index in [1.54, 1.807) is 0 Å². The van der Waals surface area contributed by atoms with Crippen LogP contribution in [0.3, 0.4) is 0 Å². The van der Waals surface area contributed by atoms with Crippen molar-refractivity contribution in [3.8, 4) is 0 Å². The van der Waals surface area contributed by atoms with Crippen LogP contribution in [0.1, 0.15) is 39.5 Å². The van der Waals surface area contributed by atoms with Gasteiger partial charge in [-0.05, 0) is 33.1 Å². The molecule has 2 unspecified atom stereocenters. The van der Waals surface area contributed by atoms with Crippen LogP contribution in [0.15, 0.2) is 0 Å². The molecule has 1 fully saturated rings. The molecule has 0 aromatic rings. The molecule has 0 aromatic heterocycles. The van der Waals surface area contributed by atoms with Crippen LogP contribution in [-0.2, 0) is 0 Å². The van der Waals surface area contributed by atoms with E-state index < -0.39 is 0 Å². The van der Waals surface area contributed by atoms with Gasteiger partial charge in [0.15, 0.2) is 0 Å². The van der Waals surface area contributed by atoms with Crippen molar-refractivity contribution < 1.29 is 5.11 Å². The third-order valence-corrected chi connectivity index (χ3v) is 2.95. The molecule has 2 heteroatoms. The second-order valence-electron chi connectivity index (χ2n) is 3.94. The Kier molecular flexibility index (Phi) is 4.02. The number of hydrogen-bond acceptors (Lipinski definition) is 2. The molecule has 1 aliphatic heterocycles. The Morgan fingerprint density at radius 1 is 1.25 bits per heavy atom. The number of nitrogens with zero attached hydrogens (tertiary/aromatic N) is 1. The number of hydrogen-bond donors (Lipinski definition) is 1. The lowest BCUT2D eigenvalue weighted by Crippen LogP contribution is -2.44. The van der Waals surface area contributed by atoms with E-state index in [-0.39, 0.29) is 0 Å². The van der Waals surface area contributed by atoms with Gasteiger partial charge in [-0.25, -0.2) is 0 Å². The summed E-state index contributed by atoms with van der Waals surface area (Å²) in [7, 11) is 0. The normalized spacial score (nSPS) is 32.2. The van der Waals surface area contributed by atoms with Gasteiger partial charge in [-0.1, -0.05) is 6.42 Å². The fraction of sp³-hybridized carbons (Fsp3) is 1.00. The maximum absolute atomic E-state index is 8.74. The van der Waals surface area contributed by atoms with Crippen LogP contribution < -0.4 is 0 Å². The first-order chi connectivity index (χ1) is 5.75. The number of piperidine rings is 1. The largest absolute Gasteiger partial charge is 0.396 e. The fourth-order valence-electron chi connectivity index (χ4n) is 2.17. The van der Waals surface area contributed by atoms with Crippen molar-refractivity contribution in [2.45, 2.75) is 51.6 Å². The molecule has 0 aliphatic carbocycles. The number of aliphatic hydroxyl groups excluding tert-OH is 1. The molecule has 0 bridgehead atoms. The van der Waals surface area contributed by atoms with Crippen LogP contribution in [0, 0.1) is 0 Å². The lowest BCUT2D eigenvalue weighted by Gasteiger charge is -2.38. The van der Waals surface area contributed by atoms with E-state index in [1.807, 2.05) is 0 Å². The summed E-state index contributed by atoms with van der Waals surface area (Å²) in [5, 5.41) is 8.74. The van der Waals surface area contributed by atoms with Crippen molar-refractivity contribution in [3.63, 3.8) is 0 Å². The molecular formula is C10H21NO. The van der Waals surface area contributed by atoms with Crippen molar-refractivity contribution in [2.24, 2.45) is 0 Å². The number of rotatable bonds is 3. The zero-order chi connectivity index (χ0) is 8.97. The Morgan fingerprint density at radius 2 is 1.83 bits per heavy atom. The zero-order valence-corrected chi connectivity index (χ0v) is 8.29. The third kappa shape index (κ3) is 2.46. The van der Waals surface area contributed by atoms with Crippen LogP contribution in [0.4, 0.5) is 0 Å². The van der Waals surface area contributed by atoms with Crippen LogP contribution in [0.2, 0.25) is 0 Å². The van der Waals surface area contributed by atoms with Crippen LogP contribution in [0.25, 0.3) is 0 Å². The molecule has 1 saturated heterocycles. The van der Waals surface area contributed by atoms with E-state index in [2.05, 4.69) is 18.7 Å². The van der Waals surface area contributed by atoms with Crippen molar-refractivity contribution in [1.82, 2.24) is 4.90 Å². The predicted octanol–water partition coefficient (Wildman–Crippen LogP) is 1.63. The van der Waals surface area contributed by atoms with Crippen molar-refractivity contribution in [2.75, 3.05) is 13.2 Å². The van der Waals surface area contributed by atoms with E-state index in [1.165, 1.54) is 19.3 Å². The molecule has 0 saturated carbocycles. The SMILES string of the molecule is CC1CCCC(C)N1CCCO.